The summed E-state index contributed by atoms with van der Waals surface area (Å²) in [4.78, 5) is 26.3. The zero-order valence-corrected chi connectivity index (χ0v) is 21.4. The van der Waals surface area contributed by atoms with Crippen LogP contribution in [-0.2, 0) is 6.54 Å². The minimum atomic E-state index is -0.636. The highest BCUT2D eigenvalue weighted by Crippen LogP contribution is 2.42. The Balaban J connectivity index is 1.23. The van der Waals surface area contributed by atoms with E-state index in [0.717, 1.165) is 48.7 Å². The van der Waals surface area contributed by atoms with E-state index in [0.29, 0.717) is 29.8 Å². The number of piperazine rings is 1. The first-order valence-electron chi connectivity index (χ1n) is 13.2. The number of pyridine rings is 2. The first-order valence-corrected chi connectivity index (χ1v) is 13.2. The van der Waals surface area contributed by atoms with Gasteiger partial charge in [0.1, 0.15) is 11.3 Å². The molecule has 0 aliphatic carbocycles. The minimum Gasteiger partial charge on any atom is -0.387 e. The van der Waals surface area contributed by atoms with Crippen LogP contribution < -0.4 is 10.2 Å². The number of nitrogens with one attached hydrogen (secondary N) is 1. The molecule has 9 nitrogen and oxygen atoms in total. The number of aliphatic hydroxyl groups is 1. The van der Waals surface area contributed by atoms with E-state index in [1.807, 2.05) is 24.5 Å². The molecule has 3 saturated heterocycles. The Hall–Kier alpha value is -2.88. The summed E-state index contributed by atoms with van der Waals surface area (Å²) in [5.74, 6) is 2.11. The monoisotopic (exact) mass is 488 g/mol. The fourth-order valence-corrected chi connectivity index (χ4v) is 5.99. The van der Waals surface area contributed by atoms with Crippen LogP contribution in [0.5, 0.6) is 0 Å². The van der Waals surface area contributed by atoms with E-state index in [-0.39, 0.29) is 0 Å². The Kier molecular flexibility index (Phi) is 6.23. The summed E-state index contributed by atoms with van der Waals surface area (Å²) in [5.41, 5.74) is 2.70. The summed E-state index contributed by atoms with van der Waals surface area (Å²) in [7, 11) is 2.19. The maximum Gasteiger partial charge on any atom is 0.229 e. The largest absolute Gasteiger partial charge is 0.387 e. The molecule has 0 aromatic carbocycles. The van der Waals surface area contributed by atoms with Gasteiger partial charge in [-0.05, 0) is 64.3 Å². The summed E-state index contributed by atoms with van der Waals surface area (Å²) in [5, 5.41) is 14.4. The van der Waals surface area contributed by atoms with Crippen LogP contribution in [0.15, 0.2) is 30.6 Å². The zero-order chi connectivity index (χ0) is 24.8. The van der Waals surface area contributed by atoms with Gasteiger partial charge >= 0.3 is 0 Å². The topological polar surface area (TPSA) is 93.5 Å². The predicted octanol–water partition coefficient (Wildman–Crippen LogP) is 3.48. The molecule has 3 fully saturated rings. The van der Waals surface area contributed by atoms with Crippen molar-refractivity contribution in [2.24, 2.45) is 0 Å². The van der Waals surface area contributed by atoms with E-state index in [4.69, 9.17) is 9.97 Å². The third-order valence-corrected chi connectivity index (χ3v) is 8.21. The summed E-state index contributed by atoms with van der Waals surface area (Å²) >= 11 is 0. The average Bonchev–Trinajstić information content (AvgIpc) is 3.47. The summed E-state index contributed by atoms with van der Waals surface area (Å²) in [6.45, 7) is 8.21. The third-order valence-electron chi connectivity index (χ3n) is 8.21. The minimum absolute atomic E-state index is 0.509. The number of aromatic nitrogens is 4. The molecule has 1 unspecified atom stereocenters. The number of fused-ring (bicyclic) bond motifs is 3. The molecule has 6 rings (SSSR count). The first kappa shape index (κ1) is 23.5. The second kappa shape index (κ2) is 9.53. The van der Waals surface area contributed by atoms with Crippen molar-refractivity contribution >= 4 is 28.5 Å². The summed E-state index contributed by atoms with van der Waals surface area (Å²) in [6.07, 6.45) is 7.93. The number of aliphatic hydroxyl groups excluding tert-OH is 1. The SMILES string of the molecule is CC(O)c1cc2cnc(Nc3ccc(CN4CCN(C)[C@@H](C)C4)cn3)nc2c(N2C3CCC2CC3)n1. The van der Waals surface area contributed by atoms with Crippen molar-refractivity contribution in [3.63, 3.8) is 0 Å². The lowest BCUT2D eigenvalue weighted by molar-refractivity contribution is 0.0999. The second-order valence-electron chi connectivity index (χ2n) is 10.8. The smallest absolute Gasteiger partial charge is 0.229 e. The maximum absolute atomic E-state index is 10.3. The maximum atomic E-state index is 10.3. The highest BCUT2D eigenvalue weighted by Gasteiger charge is 2.41. The normalized spacial score (nSPS) is 25.6. The molecule has 2 bridgehead atoms. The van der Waals surface area contributed by atoms with Crippen molar-refractivity contribution in [3.05, 3.63) is 41.9 Å². The van der Waals surface area contributed by atoms with Gasteiger partial charge in [0.05, 0.1) is 11.8 Å². The highest BCUT2D eigenvalue weighted by atomic mass is 16.3. The fraction of sp³-hybridized carbons (Fsp3) is 0.556. The van der Waals surface area contributed by atoms with Gasteiger partial charge in [-0.1, -0.05) is 6.07 Å². The van der Waals surface area contributed by atoms with E-state index in [1.165, 1.54) is 31.2 Å². The Morgan fingerprint density at radius 2 is 1.83 bits per heavy atom. The molecule has 6 heterocycles. The van der Waals surface area contributed by atoms with Gasteiger partial charge in [0.25, 0.3) is 0 Å². The van der Waals surface area contributed by atoms with Crippen LogP contribution in [0.2, 0.25) is 0 Å². The van der Waals surface area contributed by atoms with E-state index >= 15 is 0 Å². The van der Waals surface area contributed by atoms with Gasteiger partial charge in [0, 0.05) is 62.1 Å². The lowest BCUT2D eigenvalue weighted by atomic mass is 10.0. The number of hydrogen-bond donors (Lipinski definition) is 2. The molecule has 2 N–H and O–H groups in total. The molecular weight excluding hydrogens is 452 g/mol. The Labute approximate surface area is 212 Å². The molecule has 0 spiro atoms. The van der Waals surface area contributed by atoms with Gasteiger partial charge in [-0.3, -0.25) is 4.90 Å². The van der Waals surface area contributed by atoms with Crippen molar-refractivity contribution in [3.8, 4) is 0 Å². The number of nitrogens with zero attached hydrogens (tertiary/aromatic N) is 7. The van der Waals surface area contributed by atoms with Crippen molar-refractivity contribution in [2.75, 3.05) is 36.9 Å². The van der Waals surface area contributed by atoms with E-state index in [9.17, 15) is 5.11 Å². The molecule has 0 amide bonds. The fourth-order valence-electron chi connectivity index (χ4n) is 5.99. The Bertz CT molecular complexity index is 1210. The molecule has 36 heavy (non-hydrogen) atoms. The van der Waals surface area contributed by atoms with E-state index in [2.05, 4.69) is 50.0 Å². The van der Waals surface area contributed by atoms with E-state index in [1.54, 1.807) is 6.92 Å². The van der Waals surface area contributed by atoms with Gasteiger partial charge in [0.15, 0.2) is 5.82 Å². The number of hydrogen-bond acceptors (Lipinski definition) is 9. The van der Waals surface area contributed by atoms with Crippen LogP contribution in [0.1, 0.15) is 56.9 Å². The van der Waals surface area contributed by atoms with E-state index < -0.39 is 6.10 Å². The molecule has 3 aromatic rings. The number of likely N-dealkylation sites (N-methyl/N-ethyl adjacent to an activating group) is 1. The predicted molar refractivity (Wildman–Crippen MR) is 141 cm³/mol. The van der Waals surface area contributed by atoms with Gasteiger partial charge < -0.3 is 20.2 Å². The lowest BCUT2D eigenvalue weighted by Gasteiger charge is -2.37. The van der Waals surface area contributed by atoms with Crippen LogP contribution in [0.4, 0.5) is 17.6 Å². The van der Waals surface area contributed by atoms with Crippen LogP contribution in [-0.4, -0.2) is 79.6 Å². The van der Waals surface area contributed by atoms with Crippen molar-refractivity contribution in [1.29, 1.82) is 0 Å². The molecule has 3 aromatic heterocycles. The lowest BCUT2D eigenvalue weighted by Crippen LogP contribution is -2.49. The number of rotatable bonds is 6. The van der Waals surface area contributed by atoms with Gasteiger partial charge in [-0.25, -0.2) is 19.9 Å². The molecule has 3 aliphatic heterocycles. The van der Waals surface area contributed by atoms with Gasteiger partial charge in [0.2, 0.25) is 5.95 Å². The highest BCUT2D eigenvalue weighted by molar-refractivity contribution is 5.90. The standard InChI is InChI=1S/C27H36N8O/c1-17-15-34(11-10-33(17)3)16-19-4-9-24(28-13-19)31-27-29-14-20-12-23(18(2)36)30-26(25(20)32-27)35-21-5-6-22(35)8-7-21/h4,9,12-14,17-18,21-22,36H,5-8,10-11,15-16H2,1-3H3,(H,28,29,31,32)/t17-,18?,21?,22?/m0/s1. The Morgan fingerprint density at radius 1 is 1.06 bits per heavy atom. The summed E-state index contributed by atoms with van der Waals surface area (Å²) < 4.78 is 0. The van der Waals surface area contributed by atoms with Gasteiger partial charge in [-0.2, -0.15) is 0 Å². The van der Waals surface area contributed by atoms with Gasteiger partial charge in [-0.15, -0.1) is 0 Å². The molecule has 9 heteroatoms. The molecule has 3 aliphatic rings. The van der Waals surface area contributed by atoms with Crippen molar-refractivity contribution in [1.82, 2.24) is 29.7 Å². The third kappa shape index (κ3) is 4.51. The van der Waals surface area contributed by atoms with Crippen molar-refractivity contribution in [2.45, 2.75) is 70.3 Å². The van der Waals surface area contributed by atoms with Crippen LogP contribution in [0.25, 0.3) is 10.9 Å². The summed E-state index contributed by atoms with van der Waals surface area (Å²) in [6, 6.07) is 7.63. The number of anilines is 3. The molecular formula is C27H36N8O. The molecule has 0 radical (unpaired) electrons. The molecule has 2 atom stereocenters. The molecule has 190 valence electrons. The van der Waals surface area contributed by atoms with Crippen LogP contribution in [0, 0.1) is 0 Å². The second-order valence-corrected chi connectivity index (χ2v) is 10.8. The van der Waals surface area contributed by atoms with Crippen molar-refractivity contribution < 1.29 is 5.11 Å². The van der Waals surface area contributed by atoms with Crippen LogP contribution >= 0.6 is 0 Å². The van der Waals surface area contributed by atoms with Crippen LogP contribution in [0.3, 0.4) is 0 Å². The Morgan fingerprint density at radius 3 is 2.50 bits per heavy atom. The average molecular weight is 489 g/mol. The zero-order valence-electron chi connectivity index (χ0n) is 21.4. The molecule has 0 saturated carbocycles. The first-order chi connectivity index (χ1) is 17.4. The quantitative estimate of drug-likeness (QED) is 0.541.